The molecule has 4 rings (SSSR count). The molecule has 0 N–H and O–H groups in total. The van der Waals surface area contributed by atoms with Gasteiger partial charge in [-0.2, -0.15) is 4.52 Å². The lowest BCUT2D eigenvalue weighted by atomic mass is 9.96. The molecule has 0 aliphatic heterocycles. The van der Waals surface area contributed by atoms with Crippen molar-refractivity contribution < 1.29 is 0 Å². The normalized spacial score (nSPS) is 13.5. The second kappa shape index (κ2) is 7.91. The summed E-state index contributed by atoms with van der Waals surface area (Å²) in [6.45, 7) is 8.58. The van der Waals surface area contributed by atoms with Gasteiger partial charge in [0.1, 0.15) is 0 Å². The van der Waals surface area contributed by atoms with E-state index in [1.165, 1.54) is 27.0 Å². The molecule has 2 aromatic carbocycles. The summed E-state index contributed by atoms with van der Waals surface area (Å²) in [5, 5.41) is 4.52. The van der Waals surface area contributed by atoms with Gasteiger partial charge in [-0.15, -0.1) is 5.10 Å². The van der Waals surface area contributed by atoms with E-state index in [1.807, 2.05) is 31.2 Å². The van der Waals surface area contributed by atoms with Gasteiger partial charge in [0.05, 0.1) is 4.53 Å². The van der Waals surface area contributed by atoms with Crippen molar-refractivity contribution >= 4 is 22.4 Å². The van der Waals surface area contributed by atoms with Crippen LogP contribution < -0.4 is 10.1 Å². The molecule has 0 amide bonds. The van der Waals surface area contributed by atoms with Crippen molar-refractivity contribution in [3.8, 4) is 0 Å². The molecule has 0 saturated carbocycles. The second-order valence-corrected chi connectivity index (χ2v) is 9.06. The third kappa shape index (κ3) is 4.15. The average molecular weight is 404 g/mol. The topological polar surface area (TPSA) is 47.3 Å². The number of nitrogens with zero attached hydrogens (tertiary/aromatic N) is 3. The minimum absolute atomic E-state index is 0.0406. The van der Waals surface area contributed by atoms with Crippen LogP contribution in [-0.4, -0.2) is 14.6 Å². The van der Waals surface area contributed by atoms with Gasteiger partial charge < -0.3 is 0 Å². The zero-order valence-corrected chi connectivity index (χ0v) is 18.0. The van der Waals surface area contributed by atoms with Gasteiger partial charge in [-0.25, -0.2) is 4.98 Å². The Morgan fingerprint density at radius 3 is 2.52 bits per heavy atom. The van der Waals surface area contributed by atoms with Crippen molar-refractivity contribution in [1.29, 1.82) is 0 Å². The SMILES string of the molecule is Cc1cccc(/C=c2\sc3nc(C(C)c4ccc(CC(C)C)cc4)nn3c2=O)c1. The van der Waals surface area contributed by atoms with Crippen LogP contribution in [0.1, 0.15) is 54.8 Å². The molecule has 4 nitrogen and oxygen atoms in total. The predicted octanol–water partition coefficient (Wildman–Crippen LogP) is 4.36. The van der Waals surface area contributed by atoms with Crippen LogP contribution in [0.3, 0.4) is 0 Å². The van der Waals surface area contributed by atoms with Crippen LogP contribution in [-0.2, 0) is 6.42 Å². The molecule has 0 aliphatic rings. The van der Waals surface area contributed by atoms with E-state index in [2.05, 4.69) is 61.2 Å². The van der Waals surface area contributed by atoms with Gasteiger partial charge >= 0.3 is 0 Å². The van der Waals surface area contributed by atoms with Gasteiger partial charge in [0.25, 0.3) is 5.56 Å². The molecule has 2 heterocycles. The van der Waals surface area contributed by atoms with E-state index in [0.29, 0.717) is 21.2 Å². The monoisotopic (exact) mass is 403 g/mol. The largest absolute Gasteiger partial charge is 0.291 e. The summed E-state index contributed by atoms with van der Waals surface area (Å²) in [7, 11) is 0. The molecule has 148 valence electrons. The maximum Gasteiger partial charge on any atom is 0.291 e. The first-order chi connectivity index (χ1) is 13.9. The van der Waals surface area contributed by atoms with E-state index >= 15 is 0 Å². The minimum atomic E-state index is -0.107. The molecule has 0 bridgehead atoms. The minimum Gasteiger partial charge on any atom is -0.266 e. The fourth-order valence-electron chi connectivity index (χ4n) is 3.51. The number of aryl methyl sites for hydroxylation is 1. The summed E-state index contributed by atoms with van der Waals surface area (Å²) in [5.41, 5.74) is 4.58. The van der Waals surface area contributed by atoms with Gasteiger partial charge in [-0.05, 0) is 42.0 Å². The predicted molar refractivity (Wildman–Crippen MR) is 120 cm³/mol. The number of rotatable bonds is 5. The number of thiazole rings is 1. The fraction of sp³-hybridized carbons (Fsp3) is 0.292. The Bertz CT molecular complexity index is 1250. The smallest absolute Gasteiger partial charge is 0.266 e. The van der Waals surface area contributed by atoms with Crippen molar-refractivity contribution in [1.82, 2.24) is 14.6 Å². The summed E-state index contributed by atoms with van der Waals surface area (Å²) in [6, 6.07) is 16.7. The maximum absolute atomic E-state index is 12.8. The zero-order valence-electron chi connectivity index (χ0n) is 17.2. The lowest BCUT2D eigenvalue weighted by Crippen LogP contribution is -2.24. The first-order valence-electron chi connectivity index (χ1n) is 9.97. The summed E-state index contributed by atoms with van der Waals surface area (Å²) in [5.74, 6) is 1.37. The van der Waals surface area contributed by atoms with Crippen molar-refractivity contribution in [2.75, 3.05) is 0 Å². The molecule has 0 spiro atoms. The first kappa shape index (κ1) is 19.5. The molecule has 5 heteroatoms. The molecule has 4 aromatic rings. The van der Waals surface area contributed by atoms with Gasteiger partial charge in [-0.3, -0.25) is 4.79 Å². The number of aromatic nitrogens is 3. The van der Waals surface area contributed by atoms with E-state index in [4.69, 9.17) is 0 Å². The summed E-state index contributed by atoms with van der Waals surface area (Å²) >= 11 is 1.39. The number of hydrogen-bond acceptors (Lipinski definition) is 4. The van der Waals surface area contributed by atoms with E-state index in [1.54, 1.807) is 0 Å². The standard InChI is InChI=1S/C24H25N3OS/c1-15(2)12-18-8-10-20(11-9-18)17(4)22-25-24-27(26-22)23(28)21(29-24)14-19-7-5-6-16(3)13-19/h5-11,13-15,17H,12H2,1-4H3/b21-14-. The number of hydrogen-bond donors (Lipinski definition) is 0. The van der Waals surface area contributed by atoms with E-state index < -0.39 is 0 Å². The first-order valence-corrected chi connectivity index (χ1v) is 10.8. The Labute approximate surface area is 174 Å². The van der Waals surface area contributed by atoms with Crippen LogP contribution in [0.25, 0.3) is 11.0 Å². The van der Waals surface area contributed by atoms with E-state index in [-0.39, 0.29) is 11.5 Å². The molecular formula is C24H25N3OS. The molecular weight excluding hydrogens is 378 g/mol. The van der Waals surface area contributed by atoms with Crippen LogP contribution in [0.2, 0.25) is 0 Å². The third-order valence-electron chi connectivity index (χ3n) is 5.05. The average Bonchev–Trinajstić information content (AvgIpc) is 3.21. The van der Waals surface area contributed by atoms with E-state index in [9.17, 15) is 4.79 Å². The van der Waals surface area contributed by atoms with Crippen LogP contribution in [0.4, 0.5) is 0 Å². The fourth-order valence-corrected chi connectivity index (χ4v) is 4.42. The lowest BCUT2D eigenvalue weighted by Gasteiger charge is -2.10. The lowest BCUT2D eigenvalue weighted by molar-refractivity contribution is 0.647. The highest BCUT2D eigenvalue weighted by molar-refractivity contribution is 7.15. The van der Waals surface area contributed by atoms with Crippen molar-refractivity contribution in [3.05, 3.63) is 91.5 Å². The summed E-state index contributed by atoms with van der Waals surface area (Å²) in [4.78, 5) is 18.1. The van der Waals surface area contributed by atoms with Crippen molar-refractivity contribution in [2.45, 2.75) is 40.0 Å². The van der Waals surface area contributed by atoms with Gasteiger partial charge in [-0.1, -0.05) is 86.2 Å². The Kier molecular flexibility index (Phi) is 5.33. The highest BCUT2D eigenvalue weighted by Crippen LogP contribution is 2.23. The van der Waals surface area contributed by atoms with Crippen LogP contribution >= 0.6 is 11.3 Å². The maximum atomic E-state index is 12.8. The second-order valence-electron chi connectivity index (χ2n) is 8.06. The highest BCUT2D eigenvalue weighted by Gasteiger charge is 2.17. The molecule has 0 radical (unpaired) electrons. The van der Waals surface area contributed by atoms with Crippen LogP contribution in [0.5, 0.6) is 0 Å². The van der Waals surface area contributed by atoms with Gasteiger partial charge in [0.15, 0.2) is 5.82 Å². The molecule has 1 atom stereocenters. The Balaban J connectivity index is 1.64. The number of fused-ring (bicyclic) bond motifs is 1. The highest BCUT2D eigenvalue weighted by atomic mass is 32.1. The van der Waals surface area contributed by atoms with Gasteiger partial charge in [0.2, 0.25) is 4.96 Å². The Morgan fingerprint density at radius 1 is 1.10 bits per heavy atom. The molecule has 29 heavy (non-hydrogen) atoms. The van der Waals surface area contributed by atoms with Crippen LogP contribution in [0.15, 0.2) is 53.3 Å². The summed E-state index contributed by atoms with van der Waals surface area (Å²) in [6.07, 6.45) is 2.99. The van der Waals surface area contributed by atoms with E-state index in [0.717, 1.165) is 17.5 Å². The summed E-state index contributed by atoms with van der Waals surface area (Å²) < 4.78 is 2.09. The molecule has 0 fully saturated rings. The zero-order chi connectivity index (χ0) is 20.5. The Morgan fingerprint density at radius 2 is 1.86 bits per heavy atom. The van der Waals surface area contributed by atoms with Crippen molar-refractivity contribution in [3.63, 3.8) is 0 Å². The third-order valence-corrected chi connectivity index (χ3v) is 6.01. The molecule has 0 aliphatic carbocycles. The van der Waals surface area contributed by atoms with Crippen LogP contribution in [0, 0.1) is 12.8 Å². The quantitative estimate of drug-likeness (QED) is 0.497. The molecule has 2 aromatic heterocycles. The van der Waals surface area contributed by atoms with Crippen molar-refractivity contribution in [2.24, 2.45) is 5.92 Å². The van der Waals surface area contributed by atoms with Gasteiger partial charge in [0, 0.05) is 5.92 Å². The molecule has 1 unspecified atom stereocenters. The number of benzene rings is 2. The molecule has 0 saturated heterocycles. The Hall–Kier alpha value is -2.79.